The average Bonchev–Trinajstić information content (AvgIpc) is 2.64. The van der Waals surface area contributed by atoms with Gasteiger partial charge < -0.3 is 0 Å². The van der Waals surface area contributed by atoms with Crippen LogP contribution in [0.2, 0.25) is 0 Å². The van der Waals surface area contributed by atoms with Crippen molar-refractivity contribution in [1.82, 2.24) is 9.78 Å². The first-order chi connectivity index (χ1) is 7.20. The summed E-state index contributed by atoms with van der Waals surface area (Å²) in [6.45, 7) is 0. The van der Waals surface area contributed by atoms with E-state index >= 15 is 0 Å². The molecule has 3 nitrogen and oxygen atoms in total. The fourth-order valence-corrected chi connectivity index (χ4v) is 1.42. The molecular weight excluding hydrogens is 193 g/mol. The van der Waals surface area contributed by atoms with E-state index in [9.17, 15) is 4.39 Å². The van der Waals surface area contributed by atoms with E-state index in [0.29, 0.717) is 11.1 Å². The normalized spacial score (nSPS) is 9.93. The van der Waals surface area contributed by atoms with Gasteiger partial charge in [0.1, 0.15) is 5.82 Å². The molecule has 4 heteroatoms. The average molecular weight is 201 g/mol. The van der Waals surface area contributed by atoms with Crippen molar-refractivity contribution in [2.75, 3.05) is 0 Å². The minimum Gasteiger partial charge on any atom is -0.275 e. The summed E-state index contributed by atoms with van der Waals surface area (Å²) in [6, 6.07) is 6.12. The van der Waals surface area contributed by atoms with Crippen LogP contribution < -0.4 is 0 Å². The number of halogens is 1. The maximum Gasteiger partial charge on any atom is 0.124 e. The first kappa shape index (κ1) is 9.41. The van der Waals surface area contributed by atoms with Gasteiger partial charge in [-0.15, -0.1) is 0 Å². The highest BCUT2D eigenvalue weighted by Crippen LogP contribution is 2.23. The van der Waals surface area contributed by atoms with Gasteiger partial charge in [-0.05, 0) is 12.1 Å². The summed E-state index contributed by atoms with van der Waals surface area (Å²) in [7, 11) is 1.79. The molecule has 0 unspecified atom stereocenters. The molecule has 0 atom stereocenters. The summed E-state index contributed by atoms with van der Waals surface area (Å²) in [5, 5.41) is 12.9. The lowest BCUT2D eigenvalue weighted by Gasteiger charge is -1.99. The van der Waals surface area contributed by atoms with Gasteiger partial charge >= 0.3 is 0 Å². The lowest BCUT2D eigenvalue weighted by molar-refractivity contribution is 0.627. The molecule has 0 aliphatic carbocycles. The molecule has 74 valence electrons. The van der Waals surface area contributed by atoms with Crippen molar-refractivity contribution in [1.29, 1.82) is 5.26 Å². The minimum atomic E-state index is -0.404. The van der Waals surface area contributed by atoms with Crippen molar-refractivity contribution < 1.29 is 4.39 Å². The Hall–Kier alpha value is -2.15. The molecule has 0 spiro atoms. The number of aromatic nitrogens is 2. The molecule has 2 rings (SSSR count). The summed E-state index contributed by atoms with van der Waals surface area (Å²) in [5.74, 6) is -0.404. The molecule has 0 N–H and O–H groups in total. The Balaban J connectivity index is 2.58. The highest BCUT2D eigenvalue weighted by Gasteiger charge is 2.07. The van der Waals surface area contributed by atoms with Gasteiger partial charge in [-0.25, -0.2) is 4.39 Å². The second-order valence-corrected chi connectivity index (χ2v) is 3.20. The Morgan fingerprint density at radius 1 is 1.47 bits per heavy atom. The molecule has 15 heavy (non-hydrogen) atoms. The molecule has 0 bridgehead atoms. The zero-order valence-electron chi connectivity index (χ0n) is 8.11. The van der Waals surface area contributed by atoms with Crippen molar-refractivity contribution in [3.63, 3.8) is 0 Å². The van der Waals surface area contributed by atoms with Gasteiger partial charge in [0.25, 0.3) is 0 Å². The van der Waals surface area contributed by atoms with Crippen molar-refractivity contribution in [2.24, 2.45) is 7.05 Å². The summed E-state index contributed by atoms with van der Waals surface area (Å²) < 4.78 is 14.5. The molecule has 0 radical (unpaired) electrons. The number of rotatable bonds is 1. The Labute approximate surface area is 86.4 Å². The fraction of sp³-hybridized carbons (Fsp3) is 0.0909. The Morgan fingerprint density at radius 2 is 2.27 bits per heavy atom. The van der Waals surface area contributed by atoms with Crippen LogP contribution in [0, 0.1) is 17.1 Å². The monoisotopic (exact) mass is 201 g/mol. The highest BCUT2D eigenvalue weighted by atomic mass is 19.1. The topological polar surface area (TPSA) is 41.6 Å². The Morgan fingerprint density at radius 3 is 2.87 bits per heavy atom. The standard InChI is InChI=1S/C11H8FN3/c1-15-7-9(6-14-15)11-3-2-10(12)4-8(11)5-13/h2-4,6-7H,1H3. The van der Waals surface area contributed by atoms with E-state index in [-0.39, 0.29) is 0 Å². The molecule has 0 fully saturated rings. The van der Waals surface area contributed by atoms with Crippen molar-refractivity contribution >= 4 is 0 Å². The van der Waals surface area contributed by atoms with Gasteiger partial charge in [-0.3, -0.25) is 4.68 Å². The second-order valence-electron chi connectivity index (χ2n) is 3.20. The van der Waals surface area contributed by atoms with E-state index < -0.39 is 5.82 Å². The first-order valence-corrected chi connectivity index (χ1v) is 4.39. The van der Waals surface area contributed by atoms with E-state index in [2.05, 4.69) is 5.10 Å². The molecular formula is C11H8FN3. The third-order valence-corrected chi connectivity index (χ3v) is 2.12. The lowest BCUT2D eigenvalue weighted by Crippen LogP contribution is -1.86. The number of hydrogen-bond acceptors (Lipinski definition) is 2. The second kappa shape index (κ2) is 3.54. The van der Waals surface area contributed by atoms with Crippen molar-refractivity contribution in [3.8, 4) is 17.2 Å². The van der Waals surface area contributed by atoms with E-state index in [4.69, 9.17) is 5.26 Å². The fourth-order valence-electron chi connectivity index (χ4n) is 1.42. The molecule has 2 aromatic rings. The molecule has 0 aliphatic heterocycles. The third-order valence-electron chi connectivity index (χ3n) is 2.12. The minimum absolute atomic E-state index is 0.322. The quantitative estimate of drug-likeness (QED) is 0.709. The molecule has 0 aliphatic rings. The van der Waals surface area contributed by atoms with Crippen LogP contribution in [0.4, 0.5) is 4.39 Å². The van der Waals surface area contributed by atoms with Gasteiger partial charge in [0.15, 0.2) is 0 Å². The van der Waals surface area contributed by atoms with Crippen LogP contribution >= 0.6 is 0 Å². The molecule has 1 aromatic carbocycles. The van der Waals surface area contributed by atoms with Gasteiger partial charge in [-0.2, -0.15) is 10.4 Å². The number of nitriles is 1. The summed E-state index contributed by atoms with van der Waals surface area (Å²) in [6.07, 6.45) is 3.43. The Bertz CT molecular complexity index is 537. The molecule has 0 amide bonds. The maximum atomic E-state index is 12.9. The van der Waals surface area contributed by atoms with Gasteiger partial charge in [-0.1, -0.05) is 6.07 Å². The Kier molecular flexibility index (Phi) is 2.22. The molecule has 1 aromatic heterocycles. The van der Waals surface area contributed by atoms with Crippen LogP contribution in [0.25, 0.3) is 11.1 Å². The van der Waals surface area contributed by atoms with E-state index in [1.54, 1.807) is 30.2 Å². The number of aryl methyl sites for hydroxylation is 1. The summed E-state index contributed by atoms with van der Waals surface area (Å²) >= 11 is 0. The van der Waals surface area contributed by atoms with E-state index in [1.807, 2.05) is 6.07 Å². The highest BCUT2D eigenvalue weighted by molar-refractivity contribution is 5.69. The first-order valence-electron chi connectivity index (χ1n) is 4.39. The zero-order valence-corrected chi connectivity index (χ0v) is 8.11. The van der Waals surface area contributed by atoms with Crippen LogP contribution in [0.1, 0.15) is 5.56 Å². The maximum absolute atomic E-state index is 12.9. The van der Waals surface area contributed by atoms with E-state index in [0.717, 1.165) is 5.56 Å². The molecule has 0 saturated carbocycles. The molecule has 0 saturated heterocycles. The number of benzene rings is 1. The van der Waals surface area contributed by atoms with Crippen molar-refractivity contribution in [3.05, 3.63) is 42.0 Å². The van der Waals surface area contributed by atoms with E-state index in [1.165, 1.54) is 12.1 Å². The van der Waals surface area contributed by atoms with Crippen LogP contribution in [0.15, 0.2) is 30.6 Å². The third kappa shape index (κ3) is 1.72. The SMILES string of the molecule is Cn1cc(-c2ccc(F)cc2C#N)cn1. The van der Waals surface area contributed by atoms with Crippen LogP contribution in [0.3, 0.4) is 0 Å². The lowest BCUT2D eigenvalue weighted by atomic mass is 10.0. The zero-order chi connectivity index (χ0) is 10.8. The predicted molar refractivity (Wildman–Crippen MR) is 53.3 cm³/mol. The van der Waals surface area contributed by atoms with Crippen LogP contribution in [-0.4, -0.2) is 9.78 Å². The molecule has 1 heterocycles. The predicted octanol–water partition coefficient (Wildman–Crippen LogP) is 2.10. The van der Waals surface area contributed by atoms with Gasteiger partial charge in [0.05, 0.1) is 17.8 Å². The van der Waals surface area contributed by atoms with Gasteiger partial charge in [0, 0.05) is 24.4 Å². The summed E-state index contributed by atoms with van der Waals surface area (Å²) in [5.41, 5.74) is 1.84. The summed E-state index contributed by atoms with van der Waals surface area (Å²) in [4.78, 5) is 0. The van der Waals surface area contributed by atoms with Crippen molar-refractivity contribution in [2.45, 2.75) is 0 Å². The van der Waals surface area contributed by atoms with Crippen LogP contribution in [0.5, 0.6) is 0 Å². The van der Waals surface area contributed by atoms with Gasteiger partial charge in [0.2, 0.25) is 0 Å². The number of nitrogens with zero attached hydrogens (tertiary/aromatic N) is 3. The van der Waals surface area contributed by atoms with Crippen LogP contribution in [-0.2, 0) is 7.05 Å². The largest absolute Gasteiger partial charge is 0.275 e. The smallest absolute Gasteiger partial charge is 0.124 e. The number of hydrogen-bond donors (Lipinski definition) is 0.